The number of nitrogens with one attached hydrogen (secondary N) is 1. The van der Waals surface area contributed by atoms with Gasteiger partial charge >= 0.3 is 0 Å². The molecule has 0 bridgehead atoms. The molecule has 0 amide bonds. The normalized spacial score (nSPS) is 10.8. The van der Waals surface area contributed by atoms with Crippen molar-refractivity contribution in [1.29, 1.82) is 0 Å². The molecule has 2 N–H and O–H groups in total. The molecule has 0 aliphatic carbocycles. The maximum atomic E-state index is 8.79. The summed E-state index contributed by atoms with van der Waals surface area (Å²) in [5.74, 6) is 0. The molecular weight excluding hydrogens is 152 g/mol. The number of hydrogen-bond acceptors (Lipinski definition) is 2. The molecular formula is C9H10N2O. The summed E-state index contributed by atoms with van der Waals surface area (Å²) < 4.78 is 0. The van der Waals surface area contributed by atoms with Gasteiger partial charge in [0.25, 0.3) is 0 Å². The van der Waals surface area contributed by atoms with E-state index in [1.807, 2.05) is 18.3 Å². The van der Waals surface area contributed by atoms with Crippen LogP contribution >= 0.6 is 0 Å². The molecule has 0 aliphatic heterocycles. The lowest BCUT2D eigenvalue weighted by Gasteiger charge is -1.98. The number of aliphatic hydroxyl groups is 1. The van der Waals surface area contributed by atoms with Crippen LogP contribution in [0.4, 0.5) is 0 Å². The first-order chi connectivity index (χ1) is 5.92. The van der Waals surface area contributed by atoms with Gasteiger partial charge in [-0.05, 0) is 24.1 Å². The largest absolute Gasteiger partial charge is 0.396 e. The minimum Gasteiger partial charge on any atom is -0.396 e. The highest BCUT2D eigenvalue weighted by Crippen LogP contribution is 2.14. The predicted molar refractivity (Wildman–Crippen MR) is 46.9 cm³/mol. The number of H-pyrrole nitrogens is 1. The Morgan fingerprint density at radius 2 is 2.33 bits per heavy atom. The molecule has 62 valence electrons. The van der Waals surface area contributed by atoms with Crippen LogP contribution in [-0.4, -0.2) is 21.7 Å². The molecule has 2 aromatic heterocycles. The Bertz CT molecular complexity index is 381. The highest BCUT2D eigenvalue weighted by atomic mass is 16.2. The molecule has 0 atom stereocenters. The molecule has 0 unspecified atom stereocenters. The molecule has 0 fully saturated rings. The Morgan fingerprint density at radius 1 is 1.42 bits per heavy atom. The van der Waals surface area contributed by atoms with Crippen molar-refractivity contribution < 1.29 is 5.11 Å². The number of hydrogen-bond donors (Lipinski definition) is 2. The zero-order valence-corrected chi connectivity index (χ0v) is 6.62. The van der Waals surface area contributed by atoms with Crippen LogP contribution in [0.25, 0.3) is 11.0 Å². The van der Waals surface area contributed by atoms with Gasteiger partial charge in [0.2, 0.25) is 0 Å². The van der Waals surface area contributed by atoms with Gasteiger partial charge in [-0.1, -0.05) is 0 Å². The van der Waals surface area contributed by atoms with Crippen LogP contribution in [0, 0.1) is 0 Å². The van der Waals surface area contributed by atoms with E-state index in [-0.39, 0.29) is 6.61 Å². The van der Waals surface area contributed by atoms with Gasteiger partial charge in [-0.3, -0.25) is 0 Å². The number of rotatable bonds is 2. The Hall–Kier alpha value is -1.35. The van der Waals surface area contributed by atoms with E-state index in [4.69, 9.17) is 5.11 Å². The van der Waals surface area contributed by atoms with Crippen LogP contribution in [0.1, 0.15) is 5.56 Å². The zero-order valence-electron chi connectivity index (χ0n) is 6.62. The highest BCUT2D eigenvalue weighted by Gasteiger charge is 2.00. The van der Waals surface area contributed by atoms with Crippen molar-refractivity contribution in [3.63, 3.8) is 0 Å². The van der Waals surface area contributed by atoms with Gasteiger partial charge < -0.3 is 10.1 Å². The number of fused-ring (bicyclic) bond motifs is 1. The maximum Gasteiger partial charge on any atom is 0.137 e. The van der Waals surface area contributed by atoms with Crippen LogP contribution in [0.3, 0.4) is 0 Å². The Balaban J connectivity index is 2.57. The Labute approximate surface area is 70.1 Å². The minimum atomic E-state index is 0.185. The molecule has 3 heteroatoms. The van der Waals surface area contributed by atoms with Gasteiger partial charge in [-0.2, -0.15) is 0 Å². The molecule has 2 rings (SSSR count). The van der Waals surface area contributed by atoms with E-state index in [2.05, 4.69) is 9.97 Å². The smallest absolute Gasteiger partial charge is 0.137 e. The lowest BCUT2D eigenvalue weighted by atomic mass is 10.1. The van der Waals surface area contributed by atoms with Crippen molar-refractivity contribution in [2.75, 3.05) is 6.61 Å². The first-order valence-corrected chi connectivity index (χ1v) is 3.93. The Kier molecular flexibility index (Phi) is 1.80. The summed E-state index contributed by atoms with van der Waals surface area (Å²) in [5.41, 5.74) is 2.03. The van der Waals surface area contributed by atoms with E-state index in [0.717, 1.165) is 16.6 Å². The number of pyridine rings is 1. The van der Waals surface area contributed by atoms with Crippen molar-refractivity contribution in [3.8, 4) is 0 Å². The van der Waals surface area contributed by atoms with Crippen molar-refractivity contribution in [1.82, 2.24) is 9.97 Å². The Morgan fingerprint density at radius 3 is 3.17 bits per heavy atom. The predicted octanol–water partition coefficient (Wildman–Crippen LogP) is 1.10. The van der Waals surface area contributed by atoms with Crippen LogP contribution < -0.4 is 0 Å². The summed E-state index contributed by atoms with van der Waals surface area (Å²) in [6, 6.07) is 3.92. The van der Waals surface area contributed by atoms with Gasteiger partial charge in [0.15, 0.2) is 0 Å². The van der Waals surface area contributed by atoms with Crippen molar-refractivity contribution in [3.05, 3.63) is 30.1 Å². The molecule has 2 aromatic rings. The summed E-state index contributed by atoms with van der Waals surface area (Å²) in [5, 5.41) is 9.89. The summed E-state index contributed by atoms with van der Waals surface area (Å²) in [6.45, 7) is 0.185. The molecule has 0 aromatic carbocycles. The number of aromatic nitrogens is 2. The van der Waals surface area contributed by atoms with Gasteiger partial charge in [0, 0.05) is 24.4 Å². The van der Waals surface area contributed by atoms with Gasteiger partial charge in [-0.25, -0.2) is 4.98 Å². The van der Waals surface area contributed by atoms with Crippen molar-refractivity contribution in [2.24, 2.45) is 0 Å². The number of aliphatic hydroxyl groups excluding tert-OH is 1. The molecule has 0 saturated carbocycles. The second-order valence-electron chi connectivity index (χ2n) is 2.68. The average Bonchev–Trinajstić information content (AvgIpc) is 2.53. The fraction of sp³-hybridized carbons (Fsp3) is 0.222. The van der Waals surface area contributed by atoms with E-state index in [0.29, 0.717) is 6.42 Å². The fourth-order valence-electron chi connectivity index (χ4n) is 1.36. The maximum absolute atomic E-state index is 8.79. The molecule has 0 radical (unpaired) electrons. The summed E-state index contributed by atoms with van der Waals surface area (Å²) in [7, 11) is 0. The summed E-state index contributed by atoms with van der Waals surface area (Å²) >= 11 is 0. The van der Waals surface area contributed by atoms with E-state index in [1.54, 1.807) is 6.20 Å². The van der Waals surface area contributed by atoms with Gasteiger partial charge in [-0.15, -0.1) is 0 Å². The van der Waals surface area contributed by atoms with E-state index < -0.39 is 0 Å². The molecule has 3 nitrogen and oxygen atoms in total. The zero-order chi connectivity index (χ0) is 8.39. The standard InChI is InChI=1S/C9H10N2O/c12-6-3-7-1-4-10-9-8(7)2-5-11-9/h1-2,4-5,12H,3,6H2,(H,10,11). The number of aromatic amines is 1. The molecule has 0 aliphatic rings. The van der Waals surface area contributed by atoms with Crippen LogP contribution in [0.5, 0.6) is 0 Å². The minimum absolute atomic E-state index is 0.185. The van der Waals surface area contributed by atoms with Crippen molar-refractivity contribution in [2.45, 2.75) is 6.42 Å². The quantitative estimate of drug-likeness (QED) is 0.694. The van der Waals surface area contributed by atoms with E-state index in [9.17, 15) is 0 Å². The SMILES string of the molecule is OCCc1ccnc2[nH]ccc12. The lowest BCUT2D eigenvalue weighted by molar-refractivity contribution is 0.300. The van der Waals surface area contributed by atoms with Gasteiger partial charge in [0.1, 0.15) is 5.65 Å². The summed E-state index contributed by atoms with van der Waals surface area (Å²) in [4.78, 5) is 7.17. The third-order valence-electron chi connectivity index (χ3n) is 1.93. The van der Waals surface area contributed by atoms with Crippen LogP contribution in [0.2, 0.25) is 0 Å². The van der Waals surface area contributed by atoms with E-state index in [1.165, 1.54) is 0 Å². The lowest BCUT2D eigenvalue weighted by Crippen LogP contribution is -1.91. The highest BCUT2D eigenvalue weighted by molar-refractivity contribution is 5.79. The molecule has 0 spiro atoms. The first kappa shape index (κ1) is 7.31. The molecule has 0 saturated heterocycles. The van der Waals surface area contributed by atoms with Gasteiger partial charge in [0.05, 0.1) is 0 Å². The fourth-order valence-corrected chi connectivity index (χ4v) is 1.36. The average molecular weight is 162 g/mol. The topological polar surface area (TPSA) is 48.9 Å². The third kappa shape index (κ3) is 1.08. The first-order valence-electron chi connectivity index (χ1n) is 3.93. The second-order valence-corrected chi connectivity index (χ2v) is 2.68. The van der Waals surface area contributed by atoms with Crippen LogP contribution in [0.15, 0.2) is 24.5 Å². The number of nitrogens with zero attached hydrogens (tertiary/aromatic N) is 1. The van der Waals surface area contributed by atoms with Crippen LogP contribution in [-0.2, 0) is 6.42 Å². The molecule has 12 heavy (non-hydrogen) atoms. The monoisotopic (exact) mass is 162 g/mol. The molecule has 2 heterocycles. The second kappa shape index (κ2) is 2.95. The summed E-state index contributed by atoms with van der Waals surface area (Å²) in [6.07, 6.45) is 4.30. The van der Waals surface area contributed by atoms with Crippen molar-refractivity contribution >= 4 is 11.0 Å². The van der Waals surface area contributed by atoms with E-state index >= 15 is 0 Å². The third-order valence-corrected chi connectivity index (χ3v) is 1.93.